The second kappa shape index (κ2) is 5.26. The molecular formula is C17H20O4. The molecule has 3 aliphatic carbocycles. The monoisotopic (exact) mass is 288 g/mol. The average Bonchev–Trinajstić information content (AvgIpc) is 2.51. The smallest absolute Gasteiger partial charge is 0.338 e. The molecule has 4 atom stereocenters. The van der Waals surface area contributed by atoms with Gasteiger partial charge in [0.05, 0.1) is 12.2 Å². The highest BCUT2D eigenvalue weighted by atomic mass is 16.5. The van der Waals surface area contributed by atoms with E-state index >= 15 is 0 Å². The fourth-order valence-corrected chi connectivity index (χ4v) is 3.91. The van der Waals surface area contributed by atoms with Crippen molar-refractivity contribution in [2.24, 2.45) is 23.2 Å². The van der Waals surface area contributed by atoms with Gasteiger partial charge >= 0.3 is 5.97 Å². The summed E-state index contributed by atoms with van der Waals surface area (Å²) in [5.74, 6) is 0.152. The zero-order chi connectivity index (χ0) is 15.0. The Bertz CT molecular complexity index is 553. The van der Waals surface area contributed by atoms with Gasteiger partial charge in [-0.15, -0.1) is 0 Å². The molecule has 4 rings (SSSR count). The lowest BCUT2D eigenvalue weighted by atomic mass is 9.45. The predicted octanol–water partition coefficient (Wildman–Crippen LogP) is 2.07. The van der Waals surface area contributed by atoms with Gasteiger partial charge in [-0.2, -0.15) is 0 Å². The number of hydrogen-bond donors (Lipinski definition) is 1. The van der Waals surface area contributed by atoms with Crippen LogP contribution in [-0.2, 0) is 9.53 Å². The molecule has 0 amide bonds. The molecule has 3 saturated carbocycles. The van der Waals surface area contributed by atoms with E-state index in [9.17, 15) is 14.7 Å². The Morgan fingerprint density at radius 2 is 2.10 bits per heavy atom. The Balaban J connectivity index is 1.63. The predicted molar refractivity (Wildman–Crippen MR) is 76.6 cm³/mol. The number of aliphatic hydroxyl groups excluding tert-OH is 1. The number of rotatable bonds is 4. The van der Waals surface area contributed by atoms with Crippen LogP contribution in [0, 0.1) is 23.2 Å². The van der Waals surface area contributed by atoms with E-state index in [0.29, 0.717) is 12.0 Å². The van der Waals surface area contributed by atoms with E-state index in [4.69, 9.17) is 4.74 Å². The lowest BCUT2D eigenvalue weighted by molar-refractivity contribution is -0.173. The van der Waals surface area contributed by atoms with Crippen molar-refractivity contribution in [3.8, 4) is 0 Å². The van der Waals surface area contributed by atoms with Gasteiger partial charge in [-0.1, -0.05) is 25.1 Å². The van der Waals surface area contributed by atoms with Gasteiger partial charge in [0.2, 0.25) is 0 Å². The SMILES string of the molecule is C[C@]1(CO)[C@@H]2C[C@H]1C(=O)C[C@@H]2COC(=O)c1ccccc1. The van der Waals surface area contributed by atoms with E-state index in [2.05, 4.69) is 0 Å². The quantitative estimate of drug-likeness (QED) is 0.861. The topological polar surface area (TPSA) is 63.6 Å². The molecule has 4 heteroatoms. The van der Waals surface area contributed by atoms with Gasteiger partial charge in [-0.05, 0) is 24.5 Å². The summed E-state index contributed by atoms with van der Waals surface area (Å²) in [6, 6.07) is 8.86. The summed E-state index contributed by atoms with van der Waals surface area (Å²) in [6.07, 6.45) is 1.29. The molecule has 0 spiro atoms. The third-order valence-electron chi connectivity index (χ3n) is 5.33. The van der Waals surface area contributed by atoms with Crippen LogP contribution in [0.3, 0.4) is 0 Å². The van der Waals surface area contributed by atoms with E-state index in [1.165, 1.54) is 0 Å². The minimum atomic E-state index is -0.352. The van der Waals surface area contributed by atoms with Crippen LogP contribution >= 0.6 is 0 Å². The molecule has 0 unspecified atom stereocenters. The fourth-order valence-electron chi connectivity index (χ4n) is 3.91. The highest BCUT2D eigenvalue weighted by Crippen LogP contribution is 2.59. The number of carbonyl (C=O) groups excluding carboxylic acids is 2. The number of hydrogen-bond acceptors (Lipinski definition) is 4. The summed E-state index contributed by atoms with van der Waals surface area (Å²) < 4.78 is 5.38. The van der Waals surface area contributed by atoms with Crippen LogP contribution in [0.5, 0.6) is 0 Å². The molecule has 21 heavy (non-hydrogen) atoms. The maximum atomic E-state index is 12.1. The molecule has 0 aromatic heterocycles. The summed E-state index contributed by atoms with van der Waals surface area (Å²) in [7, 11) is 0. The zero-order valence-electron chi connectivity index (χ0n) is 12.1. The first-order valence-electron chi connectivity index (χ1n) is 7.42. The van der Waals surface area contributed by atoms with Crippen molar-refractivity contribution in [1.82, 2.24) is 0 Å². The second-order valence-electron chi connectivity index (χ2n) is 6.45. The molecule has 0 aliphatic heterocycles. The Morgan fingerprint density at radius 1 is 1.38 bits per heavy atom. The maximum absolute atomic E-state index is 12.1. The molecule has 1 aromatic rings. The lowest BCUT2D eigenvalue weighted by Crippen LogP contribution is -2.61. The van der Waals surface area contributed by atoms with Gasteiger partial charge in [0.25, 0.3) is 0 Å². The third-order valence-corrected chi connectivity index (χ3v) is 5.33. The summed E-state index contributed by atoms with van der Waals surface area (Å²) in [5.41, 5.74) is 0.204. The fraction of sp³-hybridized carbons (Fsp3) is 0.529. The van der Waals surface area contributed by atoms with Crippen LogP contribution in [0.1, 0.15) is 30.1 Å². The van der Waals surface area contributed by atoms with Gasteiger partial charge in [0.15, 0.2) is 0 Å². The lowest BCUT2D eigenvalue weighted by Gasteiger charge is -2.59. The van der Waals surface area contributed by atoms with Crippen molar-refractivity contribution in [3.05, 3.63) is 35.9 Å². The molecule has 1 N–H and O–H groups in total. The molecule has 1 aromatic carbocycles. The minimum Gasteiger partial charge on any atom is -0.462 e. The number of benzene rings is 1. The molecule has 3 aliphatic rings. The van der Waals surface area contributed by atoms with E-state index in [0.717, 1.165) is 6.42 Å². The number of fused-ring (bicyclic) bond motifs is 2. The van der Waals surface area contributed by atoms with Crippen LogP contribution in [0.25, 0.3) is 0 Å². The third kappa shape index (κ3) is 2.27. The summed E-state index contributed by atoms with van der Waals surface area (Å²) in [6.45, 7) is 2.25. The standard InChI is InChI=1S/C17H20O4/c1-17(10-18)13-8-14(17)15(19)7-12(13)9-21-16(20)11-5-3-2-4-6-11/h2-6,12-14,18H,7-10H2,1H3/t12-,13-,14+,17+/m1/s1. The van der Waals surface area contributed by atoms with Crippen LogP contribution in [-0.4, -0.2) is 30.1 Å². The number of ketones is 1. The number of carbonyl (C=O) groups is 2. The molecule has 2 bridgehead atoms. The van der Waals surface area contributed by atoms with Gasteiger partial charge in [-0.25, -0.2) is 4.79 Å². The number of Topliss-reactive ketones (excluding diaryl/α,β-unsaturated/α-hetero) is 1. The van der Waals surface area contributed by atoms with Crippen LogP contribution < -0.4 is 0 Å². The molecule has 3 fully saturated rings. The first-order chi connectivity index (χ1) is 10.1. The van der Waals surface area contributed by atoms with Gasteiger partial charge in [0, 0.05) is 30.3 Å². The average molecular weight is 288 g/mol. The Kier molecular flexibility index (Phi) is 3.57. The number of ether oxygens (including phenoxy) is 1. The summed E-state index contributed by atoms with van der Waals surface area (Å²) in [4.78, 5) is 24.0. The van der Waals surface area contributed by atoms with Gasteiger partial charge < -0.3 is 9.84 Å². The molecule has 0 saturated heterocycles. The van der Waals surface area contributed by atoms with Crippen molar-refractivity contribution >= 4 is 11.8 Å². The molecule has 4 nitrogen and oxygen atoms in total. The van der Waals surface area contributed by atoms with E-state index in [-0.39, 0.29) is 48.1 Å². The normalized spacial score (nSPS) is 34.2. The molecule has 0 radical (unpaired) electrons. The van der Waals surface area contributed by atoms with E-state index < -0.39 is 0 Å². The summed E-state index contributed by atoms with van der Waals surface area (Å²) >= 11 is 0. The highest BCUT2D eigenvalue weighted by molar-refractivity contribution is 5.89. The van der Waals surface area contributed by atoms with E-state index in [1.807, 2.05) is 13.0 Å². The van der Waals surface area contributed by atoms with Gasteiger partial charge in [0.1, 0.15) is 5.78 Å². The van der Waals surface area contributed by atoms with Crippen LogP contribution in [0.2, 0.25) is 0 Å². The summed E-state index contributed by atoms with van der Waals surface area (Å²) in [5, 5.41) is 9.58. The Morgan fingerprint density at radius 3 is 2.71 bits per heavy atom. The van der Waals surface area contributed by atoms with E-state index in [1.54, 1.807) is 24.3 Å². The number of aliphatic hydroxyl groups is 1. The van der Waals surface area contributed by atoms with Crippen molar-refractivity contribution in [2.75, 3.05) is 13.2 Å². The van der Waals surface area contributed by atoms with Crippen molar-refractivity contribution in [3.63, 3.8) is 0 Å². The number of esters is 1. The van der Waals surface area contributed by atoms with Gasteiger partial charge in [-0.3, -0.25) is 4.79 Å². The largest absolute Gasteiger partial charge is 0.462 e. The zero-order valence-corrected chi connectivity index (χ0v) is 12.1. The van der Waals surface area contributed by atoms with Crippen LogP contribution in [0.4, 0.5) is 0 Å². The maximum Gasteiger partial charge on any atom is 0.338 e. The first kappa shape index (κ1) is 14.3. The first-order valence-corrected chi connectivity index (χ1v) is 7.42. The Labute approximate surface area is 124 Å². The Hall–Kier alpha value is -1.68. The second-order valence-corrected chi connectivity index (χ2v) is 6.45. The molecule has 112 valence electrons. The highest BCUT2D eigenvalue weighted by Gasteiger charge is 2.60. The van der Waals surface area contributed by atoms with Crippen molar-refractivity contribution in [1.29, 1.82) is 0 Å². The molecule has 0 heterocycles. The van der Waals surface area contributed by atoms with Crippen molar-refractivity contribution in [2.45, 2.75) is 19.8 Å². The molecular weight excluding hydrogens is 268 g/mol. The van der Waals surface area contributed by atoms with Crippen molar-refractivity contribution < 1.29 is 19.4 Å². The van der Waals surface area contributed by atoms with Crippen LogP contribution in [0.15, 0.2) is 30.3 Å². The minimum absolute atomic E-state index is 0.00595.